The number of hydrogen-bond acceptors (Lipinski definition) is 3. The number of rotatable bonds is 9. The van der Waals surface area contributed by atoms with Gasteiger partial charge in [0.25, 0.3) is 0 Å². The summed E-state index contributed by atoms with van der Waals surface area (Å²) in [7, 11) is 1.61. The average Bonchev–Trinajstić information content (AvgIpc) is 2.71. The van der Waals surface area contributed by atoms with E-state index in [-0.39, 0.29) is 18.2 Å². The third kappa shape index (κ3) is 5.84. The Balaban J connectivity index is 2.24. The van der Waals surface area contributed by atoms with Gasteiger partial charge in [-0.3, -0.25) is 9.59 Å². The summed E-state index contributed by atoms with van der Waals surface area (Å²) in [6.45, 7) is 6.72. The van der Waals surface area contributed by atoms with E-state index in [1.165, 1.54) is 0 Å². The van der Waals surface area contributed by atoms with Crippen molar-refractivity contribution in [1.29, 1.82) is 0 Å². The molecule has 2 aromatic rings. The minimum Gasteiger partial charge on any atom is -0.497 e. The Kier molecular flexibility index (Phi) is 8.05. The van der Waals surface area contributed by atoms with Crippen LogP contribution in [-0.4, -0.2) is 36.4 Å². The van der Waals surface area contributed by atoms with E-state index in [0.717, 1.165) is 28.9 Å². The van der Waals surface area contributed by atoms with Crippen molar-refractivity contribution >= 4 is 11.8 Å². The Morgan fingerprint density at radius 3 is 2.57 bits per heavy atom. The summed E-state index contributed by atoms with van der Waals surface area (Å²) in [5, 5.41) is 2.89. The predicted octanol–water partition coefficient (Wildman–Crippen LogP) is 3.49. The van der Waals surface area contributed by atoms with E-state index in [2.05, 4.69) is 5.32 Å². The monoisotopic (exact) mass is 382 g/mol. The molecule has 0 saturated heterocycles. The lowest BCUT2D eigenvalue weighted by atomic mass is 10.0. The molecule has 0 aromatic heterocycles. The number of hydrogen-bond donors (Lipinski definition) is 1. The summed E-state index contributed by atoms with van der Waals surface area (Å²) in [5.41, 5.74) is 2.97. The zero-order valence-electron chi connectivity index (χ0n) is 17.2. The first-order valence-corrected chi connectivity index (χ1v) is 9.70. The topological polar surface area (TPSA) is 58.6 Å². The van der Waals surface area contributed by atoms with Crippen molar-refractivity contribution in [3.05, 3.63) is 65.2 Å². The van der Waals surface area contributed by atoms with E-state index in [1.54, 1.807) is 18.9 Å². The van der Waals surface area contributed by atoms with Crippen LogP contribution in [0.25, 0.3) is 0 Å². The van der Waals surface area contributed by atoms with Crippen molar-refractivity contribution in [3.63, 3.8) is 0 Å². The van der Waals surface area contributed by atoms with E-state index in [9.17, 15) is 9.59 Å². The molecule has 0 saturated carbocycles. The maximum absolute atomic E-state index is 13.2. The first kappa shape index (κ1) is 21.5. The molecule has 0 unspecified atom stereocenters. The molecule has 0 fully saturated rings. The molecule has 150 valence electrons. The molecular formula is C23H30N2O3. The van der Waals surface area contributed by atoms with Crippen molar-refractivity contribution in [2.45, 2.75) is 46.2 Å². The van der Waals surface area contributed by atoms with E-state index < -0.39 is 6.04 Å². The van der Waals surface area contributed by atoms with Crippen molar-refractivity contribution < 1.29 is 14.3 Å². The second kappa shape index (κ2) is 10.5. The molecule has 28 heavy (non-hydrogen) atoms. The van der Waals surface area contributed by atoms with Gasteiger partial charge in [-0.05, 0) is 49.1 Å². The van der Waals surface area contributed by atoms with Crippen LogP contribution in [0.3, 0.4) is 0 Å². The van der Waals surface area contributed by atoms with Gasteiger partial charge in [0.1, 0.15) is 11.8 Å². The summed E-state index contributed by atoms with van der Waals surface area (Å²) in [5.74, 6) is 0.519. The molecular weight excluding hydrogens is 352 g/mol. The highest BCUT2D eigenvalue weighted by Crippen LogP contribution is 2.18. The Hall–Kier alpha value is -2.82. The van der Waals surface area contributed by atoms with E-state index in [1.807, 2.05) is 62.4 Å². The number of carbonyl (C=O) groups excluding carboxylic acids is 2. The Morgan fingerprint density at radius 1 is 1.14 bits per heavy atom. The highest BCUT2D eigenvalue weighted by molar-refractivity contribution is 5.88. The Bertz CT molecular complexity index is 804. The zero-order valence-corrected chi connectivity index (χ0v) is 17.2. The molecule has 2 rings (SSSR count). The zero-order chi connectivity index (χ0) is 20.5. The van der Waals surface area contributed by atoms with Gasteiger partial charge < -0.3 is 15.0 Å². The van der Waals surface area contributed by atoms with E-state index in [0.29, 0.717) is 13.1 Å². The largest absolute Gasteiger partial charge is 0.497 e. The van der Waals surface area contributed by atoms with Gasteiger partial charge in [0, 0.05) is 13.1 Å². The second-order valence-corrected chi connectivity index (χ2v) is 6.94. The highest BCUT2D eigenvalue weighted by Gasteiger charge is 2.26. The van der Waals surface area contributed by atoms with E-state index in [4.69, 9.17) is 4.74 Å². The molecule has 0 aliphatic rings. The minimum atomic E-state index is -0.561. The van der Waals surface area contributed by atoms with Crippen LogP contribution in [0.15, 0.2) is 48.5 Å². The molecule has 0 bridgehead atoms. The number of methoxy groups -OCH3 is 1. The van der Waals surface area contributed by atoms with Crippen LogP contribution in [0.4, 0.5) is 0 Å². The lowest BCUT2D eigenvalue weighted by Crippen LogP contribution is -2.48. The number of carbonyl (C=O) groups is 2. The summed E-state index contributed by atoms with van der Waals surface area (Å²) < 4.78 is 5.29. The normalized spacial score (nSPS) is 11.6. The van der Waals surface area contributed by atoms with Gasteiger partial charge in [0.2, 0.25) is 11.8 Å². The lowest BCUT2D eigenvalue weighted by Gasteiger charge is -2.29. The van der Waals surface area contributed by atoms with Gasteiger partial charge in [-0.2, -0.15) is 0 Å². The average molecular weight is 383 g/mol. The maximum atomic E-state index is 13.2. The summed E-state index contributed by atoms with van der Waals surface area (Å²) in [6.07, 6.45) is 1.12. The molecule has 2 amide bonds. The first-order chi connectivity index (χ1) is 13.5. The number of nitrogens with one attached hydrogen (secondary N) is 1. The molecule has 5 nitrogen and oxygen atoms in total. The van der Waals surface area contributed by atoms with E-state index >= 15 is 0 Å². The number of benzene rings is 2. The standard InChI is InChI=1S/C23H30N2O3/c1-5-13-24-23(27)18(3)25(16-19-10-8-12-21(14-19)28-4)22(26)15-20-11-7-6-9-17(20)2/h6-12,14,18H,5,13,15-16H2,1-4H3,(H,24,27)/t18-/m1/s1. The van der Waals surface area contributed by atoms with Crippen molar-refractivity contribution in [2.75, 3.05) is 13.7 Å². The Labute approximate surface area is 167 Å². The first-order valence-electron chi connectivity index (χ1n) is 9.70. The molecule has 1 atom stereocenters. The van der Waals surface area contributed by atoms with Gasteiger partial charge in [-0.15, -0.1) is 0 Å². The van der Waals surface area contributed by atoms with Gasteiger partial charge in [-0.1, -0.05) is 43.3 Å². The van der Waals surface area contributed by atoms with Crippen LogP contribution < -0.4 is 10.1 Å². The maximum Gasteiger partial charge on any atom is 0.242 e. The second-order valence-electron chi connectivity index (χ2n) is 6.94. The Morgan fingerprint density at radius 2 is 1.89 bits per heavy atom. The van der Waals surface area contributed by atoms with Crippen LogP contribution in [0, 0.1) is 6.92 Å². The van der Waals surface area contributed by atoms with Crippen molar-refractivity contribution in [3.8, 4) is 5.75 Å². The van der Waals surface area contributed by atoms with Crippen LogP contribution in [0.2, 0.25) is 0 Å². The molecule has 2 aromatic carbocycles. The third-order valence-corrected chi connectivity index (χ3v) is 4.81. The SMILES string of the molecule is CCCNC(=O)[C@@H](C)N(Cc1cccc(OC)c1)C(=O)Cc1ccccc1C. The van der Waals surface area contributed by atoms with Crippen molar-refractivity contribution in [1.82, 2.24) is 10.2 Å². The molecule has 0 radical (unpaired) electrons. The fourth-order valence-electron chi connectivity index (χ4n) is 3.02. The summed E-state index contributed by atoms with van der Waals surface area (Å²) in [6, 6.07) is 14.9. The highest BCUT2D eigenvalue weighted by atomic mass is 16.5. The molecule has 0 aliphatic heterocycles. The fraction of sp³-hybridized carbons (Fsp3) is 0.391. The van der Waals surface area contributed by atoms with Gasteiger partial charge in [0.15, 0.2) is 0 Å². The van der Waals surface area contributed by atoms with Gasteiger partial charge in [-0.25, -0.2) is 0 Å². The fourth-order valence-corrected chi connectivity index (χ4v) is 3.02. The summed E-state index contributed by atoms with van der Waals surface area (Å²) in [4.78, 5) is 27.4. The molecule has 0 spiro atoms. The van der Waals surface area contributed by atoms with Crippen LogP contribution >= 0.6 is 0 Å². The predicted molar refractivity (Wildman–Crippen MR) is 111 cm³/mol. The van der Waals surface area contributed by atoms with Crippen LogP contribution in [0.1, 0.15) is 37.0 Å². The molecule has 0 aliphatic carbocycles. The molecule has 5 heteroatoms. The van der Waals surface area contributed by atoms with Gasteiger partial charge >= 0.3 is 0 Å². The molecule has 1 N–H and O–H groups in total. The quantitative estimate of drug-likeness (QED) is 0.722. The van der Waals surface area contributed by atoms with Crippen LogP contribution in [-0.2, 0) is 22.6 Å². The lowest BCUT2D eigenvalue weighted by molar-refractivity contribution is -0.140. The van der Waals surface area contributed by atoms with Gasteiger partial charge in [0.05, 0.1) is 13.5 Å². The third-order valence-electron chi connectivity index (χ3n) is 4.81. The number of ether oxygens (including phenoxy) is 1. The van der Waals surface area contributed by atoms with Crippen molar-refractivity contribution in [2.24, 2.45) is 0 Å². The summed E-state index contributed by atoms with van der Waals surface area (Å²) >= 11 is 0. The molecule has 0 heterocycles. The number of aryl methyl sites for hydroxylation is 1. The number of amides is 2. The number of nitrogens with zero attached hydrogens (tertiary/aromatic N) is 1. The smallest absolute Gasteiger partial charge is 0.242 e. The van der Waals surface area contributed by atoms with Crippen LogP contribution in [0.5, 0.6) is 5.75 Å². The minimum absolute atomic E-state index is 0.0729.